The lowest BCUT2D eigenvalue weighted by Gasteiger charge is -2.25. The maximum absolute atomic E-state index is 11.8. The Bertz CT molecular complexity index is 441. The fourth-order valence-electron chi connectivity index (χ4n) is 1.81. The van der Waals surface area contributed by atoms with E-state index in [0.717, 1.165) is 9.75 Å². The number of carbonyl (C=O) groups excluding carboxylic acids is 1. The summed E-state index contributed by atoms with van der Waals surface area (Å²) in [5, 5.41) is 11.8. The van der Waals surface area contributed by atoms with E-state index in [0.29, 0.717) is 12.8 Å². The third-order valence-corrected chi connectivity index (χ3v) is 3.77. The number of aryl methyl sites for hydroxylation is 1. The minimum Gasteiger partial charge on any atom is -0.480 e. The molecule has 2 N–H and O–H groups in total. The van der Waals surface area contributed by atoms with Crippen molar-refractivity contribution in [1.29, 1.82) is 0 Å². The van der Waals surface area contributed by atoms with Crippen LogP contribution in [0.4, 0.5) is 0 Å². The van der Waals surface area contributed by atoms with Gasteiger partial charge >= 0.3 is 5.97 Å². The Labute approximate surface area is 111 Å². The lowest BCUT2D eigenvalue weighted by Crippen LogP contribution is -2.52. The van der Waals surface area contributed by atoms with Crippen LogP contribution in [0.25, 0.3) is 0 Å². The van der Waals surface area contributed by atoms with Crippen LogP contribution in [0, 0.1) is 6.92 Å². The molecule has 1 unspecified atom stereocenters. The number of carbonyl (C=O) groups is 2. The molecule has 1 aromatic heterocycles. The van der Waals surface area contributed by atoms with Crippen LogP contribution in [0.15, 0.2) is 12.1 Å². The van der Waals surface area contributed by atoms with Gasteiger partial charge in [0.05, 0.1) is 6.42 Å². The van der Waals surface area contributed by atoms with Crippen LogP contribution in [0.3, 0.4) is 0 Å². The van der Waals surface area contributed by atoms with Crippen LogP contribution in [0.2, 0.25) is 0 Å². The van der Waals surface area contributed by atoms with Gasteiger partial charge in [0.15, 0.2) is 0 Å². The number of thiophene rings is 1. The van der Waals surface area contributed by atoms with Crippen LogP contribution in [0.5, 0.6) is 0 Å². The molecule has 1 rings (SSSR count). The first-order valence-corrected chi connectivity index (χ1v) is 6.79. The number of nitrogens with one attached hydrogen (secondary N) is 1. The molecule has 1 heterocycles. The first-order valence-electron chi connectivity index (χ1n) is 5.97. The van der Waals surface area contributed by atoms with Gasteiger partial charge in [0.2, 0.25) is 5.91 Å². The number of rotatable bonds is 6. The number of amides is 1. The first kappa shape index (κ1) is 14.7. The van der Waals surface area contributed by atoms with Crippen molar-refractivity contribution < 1.29 is 14.7 Å². The minimum atomic E-state index is -1.17. The van der Waals surface area contributed by atoms with Crippen molar-refractivity contribution >= 4 is 23.2 Å². The lowest BCUT2D eigenvalue weighted by atomic mass is 9.96. The number of hydrogen-bond donors (Lipinski definition) is 2. The molecule has 1 amide bonds. The zero-order valence-electron chi connectivity index (χ0n) is 10.9. The van der Waals surface area contributed by atoms with Crippen molar-refractivity contribution in [2.75, 3.05) is 0 Å². The molecular formula is C13H19NO3S. The van der Waals surface area contributed by atoms with E-state index in [4.69, 9.17) is 0 Å². The van der Waals surface area contributed by atoms with Crippen molar-refractivity contribution in [3.8, 4) is 0 Å². The van der Waals surface area contributed by atoms with E-state index in [1.807, 2.05) is 26.0 Å². The van der Waals surface area contributed by atoms with Gasteiger partial charge in [0.1, 0.15) is 5.54 Å². The molecule has 4 nitrogen and oxygen atoms in total. The van der Waals surface area contributed by atoms with E-state index < -0.39 is 11.5 Å². The third kappa shape index (κ3) is 3.84. The Morgan fingerprint density at radius 3 is 2.56 bits per heavy atom. The standard InChI is InChI=1S/C13H19NO3S/c1-4-7-13(3,12(16)17)14-11(15)8-10-6-5-9(2)18-10/h5-6H,4,7-8H2,1-3H3,(H,14,15)(H,16,17). The summed E-state index contributed by atoms with van der Waals surface area (Å²) >= 11 is 1.56. The van der Waals surface area contributed by atoms with E-state index >= 15 is 0 Å². The van der Waals surface area contributed by atoms with Crippen molar-refractivity contribution in [3.63, 3.8) is 0 Å². The summed E-state index contributed by atoms with van der Waals surface area (Å²) in [6.07, 6.45) is 1.38. The van der Waals surface area contributed by atoms with Gasteiger partial charge in [-0.25, -0.2) is 4.79 Å². The molecule has 0 aliphatic carbocycles. The summed E-state index contributed by atoms with van der Waals surface area (Å²) in [5.41, 5.74) is -1.17. The molecule has 100 valence electrons. The molecule has 0 saturated carbocycles. The first-order chi connectivity index (χ1) is 8.37. The highest BCUT2D eigenvalue weighted by Crippen LogP contribution is 2.17. The number of carboxylic acid groups (broad SMARTS) is 1. The summed E-state index contributed by atoms with van der Waals surface area (Å²) in [6, 6.07) is 3.85. The van der Waals surface area contributed by atoms with E-state index in [2.05, 4.69) is 5.32 Å². The Hall–Kier alpha value is -1.36. The summed E-state index contributed by atoms with van der Waals surface area (Å²) in [4.78, 5) is 25.1. The van der Waals surface area contributed by atoms with Crippen molar-refractivity contribution in [3.05, 3.63) is 21.9 Å². The summed E-state index contributed by atoms with van der Waals surface area (Å²) in [7, 11) is 0. The molecule has 0 saturated heterocycles. The van der Waals surface area contributed by atoms with Gasteiger partial charge in [-0.05, 0) is 32.4 Å². The molecule has 0 aliphatic rings. The zero-order chi connectivity index (χ0) is 13.8. The van der Waals surface area contributed by atoms with Gasteiger partial charge < -0.3 is 10.4 Å². The average Bonchev–Trinajstić information content (AvgIpc) is 2.63. The second kappa shape index (κ2) is 6.00. The minimum absolute atomic E-state index is 0.241. The van der Waals surface area contributed by atoms with Crippen LogP contribution >= 0.6 is 11.3 Å². The summed E-state index contributed by atoms with van der Waals surface area (Å²) in [5.74, 6) is -1.23. The second-order valence-electron chi connectivity index (χ2n) is 4.62. The molecule has 18 heavy (non-hydrogen) atoms. The quantitative estimate of drug-likeness (QED) is 0.833. The third-order valence-electron chi connectivity index (χ3n) is 2.77. The van der Waals surface area contributed by atoms with Gasteiger partial charge in [0, 0.05) is 9.75 Å². The number of aliphatic carboxylic acids is 1. The van der Waals surface area contributed by atoms with Gasteiger partial charge in [-0.1, -0.05) is 13.3 Å². The van der Waals surface area contributed by atoms with Crippen molar-refractivity contribution in [2.24, 2.45) is 0 Å². The largest absolute Gasteiger partial charge is 0.480 e. The number of hydrogen-bond acceptors (Lipinski definition) is 3. The van der Waals surface area contributed by atoms with Crippen molar-refractivity contribution in [2.45, 2.75) is 45.6 Å². The molecule has 0 fully saturated rings. The van der Waals surface area contributed by atoms with Gasteiger partial charge in [-0.3, -0.25) is 4.79 Å². The van der Waals surface area contributed by atoms with Gasteiger partial charge in [-0.15, -0.1) is 11.3 Å². The molecule has 0 aromatic carbocycles. The predicted molar refractivity (Wildman–Crippen MR) is 71.9 cm³/mol. The summed E-state index contributed by atoms with van der Waals surface area (Å²) < 4.78 is 0. The van der Waals surface area contributed by atoms with E-state index in [1.165, 1.54) is 0 Å². The fraction of sp³-hybridized carbons (Fsp3) is 0.538. The Morgan fingerprint density at radius 2 is 2.11 bits per heavy atom. The smallest absolute Gasteiger partial charge is 0.329 e. The highest BCUT2D eigenvalue weighted by molar-refractivity contribution is 7.12. The Morgan fingerprint density at radius 1 is 1.44 bits per heavy atom. The fourth-order valence-corrected chi connectivity index (χ4v) is 2.70. The second-order valence-corrected chi connectivity index (χ2v) is 6.00. The monoisotopic (exact) mass is 269 g/mol. The van der Waals surface area contributed by atoms with Gasteiger partial charge in [0.25, 0.3) is 0 Å². The molecule has 0 spiro atoms. The molecule has 1 atom stereocenters. The van der Waals surface area contributed by atoms with E-state index in [-0.39, 0.29) is 12.3 Å². The SMILES string of the molecule is CCCC(C)(NC(=O)Cc1ccc(C)s1)C(=O)O. The zero-order valence-corrected chi connectivity index (χ0v) is 11.8. The van der Waals surface area contributed by atoms with E-state index in [9.17, 15) is 14.7 Å². The Kier molecular flexibility index (Phi) is 4.90. The molecule has 1 aromatic rings. The maximum Gasteiger partial charge on any atom is 0.329 e. The van der Waals surface area contributed by atoms with Crippen molar-refractivity contribution in [1.82, 2.24) is 5.32 Å². The van der Waals surface area contributed by atoms with Gasteiger partial charge in [-0.2, -0.15) is 0 Å². The lowest BCUT2D eigenvalue weighted by molar-refractivity contribution is -0.147. The highest BCUT2D eigenvalue weighted by atomic mass is 32.1. The van der Waals surface area contributed by atoms with Crippen LogP contribution < -0.4 is 5.32 Å². The molecule has 5 heteroatoms. The topological polar surface area (TPSA) is 66.4 Å². The van der Waals surface area contributed by atoms with Crippen LogP contribution in [-0.4, -0.2) is 22.5 Å². The molecule has 0 radical (unpaired) electrons. The maximum atomic E-state index is 11.8. The molecular weight excluding hydrogens is 250 g/mol. The highest BCUT2D eigenvalue weighted by Gasteiger charge is 2.33. The predicted octanol–water partition coefficient (Wildman–Crippen LogP) is 2.36. The van der Waals surface area contributed by atoms with Crippen LogP contribution in [-0.2, 0) is 16.0 Å². The van der Waals surface area contributed by atoms with E-state index in [1.54, 1.807) is 18.3 Å². The number of carboxylic acids is 1. The normalized spacial score (nSPS) is 13.9. The average molecular weight is 269 g/mol. The molecule has 0 aliphatic heterocycles. The Balaban J connectivity index is 2.65. The molecule has 0 bridgehead atoms. The van der Waals surface area contributed by atoms with Crippen LogP contribution in [0.1, 0.15) is 36.4 Å². The summed E-state index contributed by atoms with van der Waals surface area (Å²) in [6.45, 7) is 5.43.